The van der Waals surface area contributed by atoms with Crippen LogP contribution in [0.25, 0.3) is 5.57 Å². The zero-order chi connectivity index (χ0) is 37.5. The van der Waals surface area contributed by atoms with E-state index in [0.29, 0.717) is 41.4 Å². The van der Waals surface area contributed by atoms with Crippen LogP contribution in [0, 0.1) is 29.6 Å². The Labute approximate surface area is 339 Å². The van der Waals surface area contributed by atoms with Crippen LogP contribution in [-0.4, -0.2) is 12.1 Å². The van der Waals surface area contributed by atoms with Crippen LogP contribution < -0.4 is 9.64 Å². The highest BCUT2D eigenvalue weighted by Crippen LogP contribution is 2.71. The van der Waals surface area contributed by atoms with E-state index < -0.39 is 0 Å². The van der Waals surface area contributed by atoms with Crippen molar-refractivity contribution < 1.29 is 4.74 Å². The molecule has 3 aromatic rings. The molecule has 8 aliphatic carbocycles. The highest BCUT2D eigenvalue weighted by Gasteiger charge is 2.67. The van der Waals surface area contributed by atoms with Crippen molar-refractivity contribution in [2.45, 2.75) is 87.2 Å². The number of hydrogen-bond acceptors (Lipinski definition) is 2. The minimum Gasteiger partial charge on any atom is -0.489 e. The standard InChI is InChI=1S/C55H53NO/c1-3-14-36(15-4-1)38-26-29-40(30-27-38)56(51-23-13-25-53-54(51)46-20-9-12-24-52(46)57-53)41-31-33-45-44-32-28-39(37-16-5-2-6-17-37)34-49(44)55(50(45)35-41)47-21-10-7-18-42(47)43-19-8-11-22-48(43)55/h1-5,7,9-11,13-16,18,20-23,25-26,28-29,31-34,41,43-46,48-50,52H,6,8,12,17,19,24,27,30,35H2. The van der Waals surface area contributed by atoms with Gasteiger partial charge in [-0.15, -0.1) is 0 Å². The van der Waals surface area contributed by atoms with Gasteiger partial charge in [0, 0.05) is 28.3 Å². The van der Waals surface area contributed by atoms with Crippen molar-refractivity contribution in [3.8, 4) is 5.75 Å². The first kappa shape index (κ1) is 34.0. The lowest BCUT2D eigenvalue weighted by molar-refractivity contribution is 0.165. The van der Waals surface area contributed by atoms with Crippen LogP contribution in [0.1, 0.15) is 91.9 Å². The second-order valence-electron chi connectivity index (χ2n) is 18.2. The number of benzene rings is 3. The van der Waals surface area contributed by atoms with Gasteiger partial charge < -0.3 is 9.64 Å². The Bertz CT molecular complexity index is 2400. The van der Waals surface area contributed by atoms with E-state index in [4.69, 9.17) is 4.74 Å². The number of anilines is 1. The van der Waals surface area contributed by atoms with Crippen LogP contribution in [0.3, 0.4) is 0 Å². The first-order chi connectivity index (χ1) is 28.3. The molecule has 1 spiro atoms. The summed E-state index contributed by atoms with van der Waals surface area (Å²) in [5.74, 6) is 4.49. The van der Waals surface area contributed by atoms with Gasteiger partial charge in [-0.2, -0.15) is 0 Å². The van der Waals surface area contributed by atoms with Gasteiger partial charge >= 0.3 is 0 Å². The molecule has 0 aromatic heterocycles. The van der Waals surface area contributed by atoms with E-state index in [9.17, 15) is 0 Å². The Morgan fingerprint density at radius 1 is 0.667 bits per heavy atom. The molecule has 1 fully saturated rings. The largest absolute Gasteiger partial charge is 0.489 e. The van der Waals surface area contributed by atoms with E-state index in [-0.39, 0.29) is 17.6 Å². The molecule has 284 valence electrons. The molecular weight excluding hydrogens is 691 g/mol. The summed E-state index contributed by atoms with van der Waals surface area (Å²) < 4.78 is 6.76. The van der Waals surface area contributed by atoms with Crippen molar-refractivity contribution in [1.29, 1.82) is 0 Å². The Morgan fingerprint density at radius 2 is 1.56 bits per heavy atom. The lowest BCUT2D eigenvalue weighted by Gasteiger charge is -2.48. The van der Waals surface area contributed by atoms with Crippen LogP contribution in [0.15, 0.2) is 175 Å². The fourth-order valence-corrected chi connectivity index (χ4v) is 13.6. The molecule has 1 saturated carbocycles. The van der Waals surface area contributed by atoms with Crippen LogP contribution in [0.5, 0.6) is 5.75 Å². The first-order valence-electron chi connectivity index (χ1n) is 22.2. The summed E-state index contributed by atoms with van der Waals surface area (Å²) in [6.45, 7) is 0. The lowest BCUT2D eigenvalue weighted by atomic mass is 9.57. The SMILES string of the molecule is C1=CCCC(C2=CC3C(C=C2)C2C=CC(N(C4=CC=C(c5ccccc5)CC4)c4cccc5c4C4C=CCCC4O5)CC2C32c3ccccc3C3CCC=CC32)=C1. The van der Waals surface area contributed by atoms with Gasteiger partial charge in [0.2, 0.25) is 0 Å². The van der Waals surface area contributed by atoms with Crippen LogP contribution in [-0.2, 0) is 5.41 Å². The topological polar surface area (TPSA) is 12.5 Å². The Hall–Kier alpha value is -5.08. The predicted molar refractivity (Wildman–Crippen MR) is 234 cm³/mol. The van der Waals surface area contributed by atoms with Crippen molar-refractivity contribution in [1.82, 2.24) is 0 Å². The van der Waals surface area contributed by atoms with Gasteiger partial charge in [-0.1, -0.05) is 140 Å². The third-order valence-corrected chi connectivity index (χ3v) is 15.8. The third kappa shape index (κ3) is 5.14. The summed E-state index contributed by atoms with van der Waals surface area (Å²) in [5.41, 5.74) is 13.3. The molecule has 1 aliphatic heterocycles. The van der Waals surface area contributed by atoms with Gasteiger partial charge in [0.1, 0.15) is 11.9 Å². The zero-order valence-electron chi connectivity index (χ0n) is 32.9. The normalized spacial score (nSPS) is 34.8. The van der Waals surface area contributed by atoms with E-state index in [2.05, 4.69) is 163 Å². The maximum atomic E-state index is 6.76. The van der Waals surface area contributed by atoms with Crippen molar-refractivity contribution >= 4 is 11.3 Å². The van der Waals surface area contributed by atoms with Gasteiger partial charge in [-0.3, -0.25) is 0 Å². The molecular formula is C55H53NO. The van der Waals surface area contributed by atoms with Gasteiger partial charge in [0.25, 0.3) is 0 Å². The summed E-state index contributed by atoms with van der Waals surface area (Å²) in [7, 11) is 0. The molecule has 0 N–H and O–H groups in total. The average Bonchev–Trinajstić information content (AvgIpc) is 3.91. The Balaban J connectivity index is 1.02. The molecule has 12 rings (SSSR count). The van der Waals surface area contributed by atoms with Gasteiger partial charge in [-0.05, 0) is 145 Å². The van der Waals surface area contributed by atoms with E-state index in [0.717, 1.165) is 50.7 Å². The maximum Gasteiger partial charge on any atom is 0.125 e. The van der Waals surface area contributed by atoms with Gasteiger partial charge in [-0.25, -0.2) is 0 Å². The summed E-state index contributed by atoms with van der Waals surface area (Å²) in [4.78, 5) is 2.80. The molecule has 0 radical (unpaired) electrons. The number of fused-ring (bicyclic) bond motifs is 13. The predicted octanol–water partition coefficient (Wildman–Crippen LogP) is 13.0. The highest BCUT2D eigenvalue weighted by atomic mass is 16.5. The number of nitrogens with zero attached hydrogens (tertiary/aromatic N) is 1. The minimum absolute atomic E-state index is 0.0452. The summed E-state index contributed by atoms with van der Waals surface area (Å²) in [5, 5.41) is 0. The summed E-state index contributed by atoms with van der Waals surface area (Å²) in [6.07, 6.45) is 45.6. The van der Waals surface area contributed by atoms with Crippen LogP contribution in [0.4, 0.5) is 5.69 Å². The summed E-state index contributed by atoms with van der Waals surface area (Å²) in [6, 6.07) is 27.9. The van der Waals surface area contributed by atoms with Crippen LogP contribution >= 0.6 is 0 Å². The molecule has 10 atom stereocenters. The monoisotopic (exact) mass is 743 g/mol. The Morgan fingerprint density at radius 3 is 2.46 bits per heavy atom. The number of rotatable bonds is 5. The second kappa shape index (κ2) is 13.5. The van der Waals surface area contributed by atoms with E-state index in [1.54, 1.807) is 11.1 Å². The van der Waals surface area contributed by atoms with Crippen molar-refractivity contribution in [2.75, 3.05) is 4.90 Å². The second-order valence-corrected chi connectivity index (χ2v) is 18.2. The van der Waals surface area contributed by atoms with E-state index in [1.807, 2.05) is 0 Å². The minimum atomic E-state index is 0.0452. The maximum absolute atomic E-state index is 6.76. The molecule has 2 nitrogen and oxygen atoms in total. The molecule has 9 aliphatic rings. The number of allylic oxidation sites excluding steroid dienone is 16. The van der Waals surface area contributed by atoms with Gasteiger partial charge in [0.15, 0.2) is 0 Å². The zero-order valence-corrected chi connectivity index (χ0v) is 32.9. The Kier molecular flexibility index (Phi) is 8.06. The number of ether oxygens (including phenoxy) is 1. The molecule has 2 heteroatoms. The van der Waals surface area contributed by atoms with Crippen molar-refractivity contribution in [3.05, 3.63) is 197 Å². The smallest absolute Gasteiger partial charge is 0.125 e. The first-order valence-corrected chi connectivity index (χ1v) is 22.2. The van der Waals surface area contributed by atoms with Crippen LogP contribution in [0.2, 0.25) is 0 Å². The lowest BCUT2D eigenvalue weighted by Crippen LogP contribution is -2.47. The fraction of sp³-hybridized carbons (Fsp3) is 0.345. The fourth-order valence-electron chi connectivity index (χ4n) is 13.6. The molecule has 1 heterocycles. The third-order valence-electron chi connectivity index (χ3n) is 15.8. The molecule has 0 amide bonds. The van der Waals surface area contributed by atoms with E-state index in [1.165, 1.54) is 52.1 Å². The number of hydrogen-bond donors (Lipinski definition) is 0. The molecule has 10 unspecified atom stereocenters. The quantitative estimate of drug-likeness (QED) is 0.241. The summed E-state index contributed by atoms with van der Waals surface area (Å²) >= 11 is 0. The molecule has 3 aromatic carbocycles. The van der Waals surface area contributed by atoms with Crippen molar-refractivity contribution in [3.63, 3.8) is 0 Å². The highest BCUT2D eigenvalue weighted by molar-refractivity contribution is 5.73. The van der Waals surface area contributed by atoms with Gasteiger partial charge in [0.05, 0.1) is 6.04 Å². The molecule has 0 bridgehead atoms. The molecule has 57 heavy (non-hydrogen) atoms. The average molecular weight is 744 g/mol. The van der Waals surface area contributed by atoms with E-state index >= 15 is 0 Å². The molecule has 0 saturated heterocycles. The van der Waals surface area contributed by atoms with Crippen molar-refractivity contribution in [2.24, 2.45) is 29.6 Å².